The minimum atomic E-state index is -0.451. The van der Waals surface area contributed by atoms with Gasteiger partial charge in [0.1, 0.15) is 5.76 Å². The number of aryl methyl sites for hydroxylation is 1. The van der Waals surface area contributed by atoms with Gasteiger partial charge in [-0.3, -0.25) is 19.5 Å². The number of oxazole rings is 1. The summed E-state index contributed by atoms with van der Waals surface area (Å²) >= 11 is 0. The lowest BCUT2D eigenvalue weighted by Crippen LogP contribution is -2.33. The molecule has 1 unspecified atom stereocenters. The molecule has 1 fully saturated rings. The van der Waals surface area contributed by atoms with Crippen molar-refractivity contribution in [2.24, 2.45) is 0 Å². The van der Waals surface area contributed by atoms with Gasteiger partial charge in [-0.2, -0.15) is 0 Å². The number of carbonyl (C=O) groups excluding carboxylic acids is 2. The van der Waals surface area contributed by atoms with Gasteiger partial charge in [-0.25, -0.2) is 4.79 Å². The number of hydrogen-bond donors (Lipinski definition) is 2. The molecule has 1 aliphatic rings. The summed E-state index contributed by atoms with van der Waals surface area (Å²) < 4.78 is 10.0. The molecule has 1 atom stereocenters. The van der Waals surface area contributed by atoms with Gasteiger partial charge in [-0.05, 0) is 62.1 Å². The van der Waals surface area contributed by atoms with Crippen LogP contribution in [-0.4, -0.2) is 46.4 Å². The van der Waals surface area contributed by atoms with E-state index in [1.807, 2.05) is 49.4 Å². The smallest absolute Gasteiger partial charge is 0.408 e. The van der Waals surface area contributed by atoms with Crippen molar-refractivity contribution < 1.29 is 18.5 Å². The summed E-state index contributed by atoms with van der Waals surface area (Å²) in [6.45, 7) is 6.14. The second kappa shape index (κ2) is 11.6. The van der Waals surface area contributed by atoms with E-state index in [2.05, 4.69) is 27.3 Å². The summed E-state index contributed by atoms with van der Waals surface area (Å²) in [6.07, 6.45) is 3.45. The lowest BCUT2D eigenvalue weighted by Gasteiger charge is -2.19. The fourth-order valence-corrected chi connectivity index (χ4v) is 4.31. The van der Waals surface area contributed by atoms with Crippen LogP contribution in [0.25, 0.3) is 22.2 Å². The molecule has 9 heteroatoms. The van der Waals surface area contributed by atoms with Crippen molar-refractivity contribution in [2.75, 3.05) is 13.1 Å². The van der Waals surface area contributed by atoms with Crippen LogP contribution in [0.15, 0.2) is 62.3 Å². The van der Waals surface area contributed by atoms with Gasteiger partial charge in [0, 0.05) is 18.7 Å². The number of benzene rings is 2. The molecule has 0 radical (unpaired) electrons. The zero-order chi connectivity index (χ0) is 25.5. The monoisotopic (exact) mass is 490 g/mol. The Morgan fingerprint density at radius 3 is 2.64 bits per heavy atom. The highest BCUT2D eigenvalue weighted by molar-refractivity contribution is 5.82. The first kappa shape index (κ1) is 25.1. The van der Waals surface area contributed by atoms with Crippen molar-refractivity contribution in [1.29, 1.82) is 0 Å². The number of amides is 1. The zero-order valence-electron chi connectivity index (χ0n) is 20.5. The molecule has 3 heterocycles. The Kier molecular flexibility index (Phi) is 8.12. The predicted molar refractivity (Wildman–Crippen MR) is 135 cm³/mol. The number of nitrogens with one attached hydrogen (secondary N) is 2. The number of ketones is 1. The largest absolute Gasteiger partial charge is 0.417 e. The SMILES string of the molecule is Cc1cc(CC(=O)CN2CCCC2C)on1.O=CNCc1ccc(-c2ccc3oc(=O)[nH]c3c2)cc1. The first-order valence-corrected chi connectivity index (χ1v) is 12.0. The maximum absolute atomic E-state index is 11.8. The third kappa shape index (κ3) is 6.57. The Bertz CT molecular complexity index is 1370. The fourth-order valence-electron chi connectivity index (χ4n) is 4.31. The molecule has 0 bridgehead atoms. The fraction of sp³-hybridized carbons (Fsp3) is 0.333. The molecule has 36 heavy (non-hydrogen) atoms. The van der Waals surface area contributed by atoms with E-state index in [0.717, 1.165) is 28.9 Å². The highest BCUT2D eigenvalue weighted by Gasteiger charge is 2.22. The first-order valence-electron chi connectivity index (χ1n) is 12.0. The van der Waals surface area contributed by atoms with Crippen LogP contribution in [0.2, 0.25) is 0 Å². The molecule has 1 saturated heterocycles. The van der Waals surface area contributed by atoms with E-state index in [0.29, 0.717) is 48.8 Å². The van der Waals surface area contributed by atoms with Crippen LogP contribution in [0, 0.1) is 6.92 Å². The lowest BCUT2D eigenvalue weighted by atomic mass is 10.0. The molecule has 0 aliphatic carbocycles. The van der Waals surface area contributed by atoms with Crippen molar-refractivity contribution in [3.63, 3.8) is 0 Å². The molecule has 1 aliphatic heterocycles. The number of carbonyl (C=O) groups is 2. The standard InChI is InChI=1S/C15H12N2O3.C12H18N2O2/c18-9-16-8-10-1-3-11(4-2-10)12-5-6-14-13(7-12)17-15(19)20-14;1-9-6-12(16-13-9)7-11(15)8-14-5-3-4-10(14)2/h1-7,9H,8H2,(H,16,18)(H,17,19);6,10H,3-5,7-8H2,1-2H3. The number of aromatic nitrogens is 2. The Morgan fingerprint density at radius 1 is 1.19 bits per heavy atom. The number of hydrogen-bond acceptors (Lipinski definition) is 7. The molecule has 188 valence electrons. The molecule has 5 rings (SSSR count). The number of likely N-dealkylation sites (tertiary alicyclic amines) is 1. The highest BCUT2D eigenvalue weighted by Crippen LogP contribution is 2.23. The molecule has 1 amide bonds. The molecular weight excluding hydrogens is 460 g/mol. The number of nitrogens with zero attached hydrogens (tertiary/aromatic N) is 2. The summed E-state index contributed by atoms with van der Waals surface area (Å²) in [6, 6.07) is 15.8. The van der Waals surface area contributed by atoms with Crippen molar-refractivity contribution >= 4 is 23.3 Å². The molecule has 2 N–H and O–H groups in total. The van der Waals surface area contributed by atoms with Gasteiger partial charge in [-0.15, -0.1) is 0 Å². The van der Waals surface area contributed by atoms with Gasteiger partial charge in [0.15, 0.2) is 11.4 Å². The van der Waals surface area contributed by atoms with Gasteiger partial charge < -0.3 is 14.3 Å². The minimum absolute atomic E-state index is 0.213. The topological polar surface area (TPSA) is 121 Å². The predicted octanol–water partition coefficient (Wildman–Crippen LogP) is 3.61. The van der Waals surface area contributed by atoms with Crippen LogP contribution in [-0.2, 0) is 22.6 Å². The average Bonchev–Trinajstić information content (AvgIpc) is 3.57. The minimum Gasteiger partial charge on any atom is -0.408 e. The Labute approximate surface area is 208 Å². The number of Topliss-reactive ketones (excluding diaryl/α,β-unsaturated/α-hetero) is 1. The third-order valence-corrected chi connectivity index (χ3v) is 6.21. The van der Waals surface area contributed by atoms with Crippen LogP contribution >= 0.6 is 0 Å². The van der Waals surface area contributed by atoms with E-state index in [9.17, 15) is 14.4 Å². The number of rotatable bonds is 8. The molecule has 4 aromatic rings. The summed E-state index contributed by atoms with van der Waals surface area (Å²) in [7, 11) is 0. The maximum atomic E-state index is 11.8. The van der Waals surface area contributed by atoms with E-state index >= 15 is 0 Å². The van der Waals surface area contributed by atoms with Crippen LogP contribution in [0.1, 0.15) is 36.8 Å². The summed E-state index contributed by atoms with van der Waals surface area (Å²) in [5.41, 5.74) is 5.11. The summed E-state index contributed by atoms with van der Waals surface area (Å²) in [5, 5.41) is 6.39. The van der Waals surface area contributed by atoms with Gasteiger partial charge in [0.25, 0.3) is 0 Å². The van der Waals surface area contributed by atoms with E-state index in [1.54, 1.807) is 6.07 Å². The Balaban J connectivity index is 0.000000174. The number of fused-ring (bicyclic) bond motifs is 1. The number of aromatic amines is 1. The second-order valence-electron chi connectivity index (χ2n) is 9.03. The molecule has 0 spiro atoms. The zero-order valence-corrected chi connectivity index (χ0v) is 20.5. The van der Waals surface area contributed by atoms with Crippen LogP contribution in [0.3, 0.4) is 0 Å². The molecular formula is C27H30N4O5. The molecule has 2 aromatic carbocycles. The third-order valence-electron chi connectivity index (χ3n) is 6.21. The summed E-state index contributed by atoms with van der Waals surface area (Å²) in [5.74, 6) is 0.437. The number of H-pyrrole nitrogens is 1. The lowest BCUT2D eigenvalue weighted by molar-refractivity contribution is -0.120. The molecule has 2 aromatic heterocycles. The van der Waals surface area contributed by atoms with Crippen molar-refractivity contribution in [1.82, 2.24) is 20.4 Å². The van der Waals surface area contributed by atoms with Crippen LogP contribution < -0.4 is 11.1 Å². The summed E-state index contributed by atoms with van der Waals surface area (Å²) in [4.78, 5) is 38.0. The van der Waals surface area contributed by atoms with E-state index in [1.165, 1.54) is 12.8 Å². The van der Waals surface area contributed by atoms with Crippen LogP contribution in [0.5, 0.6) is 0 Å². The van der Waals surface area contributed by atoms with Gasteiger partial charge in [0.05, 0.1) is 24.2 Å². The Hall–Kier alpha value is -3.98. The van der Waals surface area contributed by atoms with Gasteiger partial charge >= 0.3 is 5.76 Å². The van der Waals surface area contributed by atoms with Gasteiger partial charge in [0.2, 0.25) is 6.41 Å². The van der Waals surface area contributed by atoms with Gasteiger partial charge in [-0.1, -0.05) is 35.5 Å². The molecule has 9 nitrogen and oxygen atoms in total. The second-order valence-corrected chi connectivity index (χ2v) is 9.03. The first-order chi connectivity index (χ1) is 17.4. The normalized spacial score (nSPS) is 15.4. The average molecular weight is 491 g/mol. The molecule has 0 saturated carbocycles. The van der Waals surface area contributed by atoms with E-state index in [-0.39, 0.29) is 5.78 Å². The van der Waals surface area contributed by atoms with Crippen molar-refractivity contribution in [3.05, 3.63) is 76.1 Å². The highest BCUT2D eigenvalue weighted by atomic mass is 16.5. The van der Waals surface area contributed by atoms with E-state index < -0.39 is 5.76 Å². The quantitative estimate of drug-likeness (QED) is 0.362. The van der Waals surface area contributed by atoms with Crippen molar-refractivity contribution in [2.45, 2.75) is 45.7 Å². The van der Waals surface area contributed by atoms with E-state index in [4.69, 9.17) is 8.94 Å². The Morgan fingerprint density at radius 2 is 1.97 bits per heavy atom. The maximum Gasteiger partial charge on any atom is 0.417 e. The van der Waals surface area contributed by atoms with Crippen molar-refractivity contribution in [3.8, 4) is 11.1 Å². The van der Waals surface area contributed by atoms with Crippen LogP contribution in [0.4, 0.5) is 0 Å².